The average Bonchev–Trinajstić information content (AvgIpc) is 3.17. The first-order chi connectivity index (χ1) is 12.2. The standard InChI is InChI=1S/C11H9F2NO3.C5H7NO3/c12-7-2-1-6(5-8(7)13)14-9(11(16)17)3-4-10(14)15;7-4-2-1-3(6-4)5(8)9/h1-2,5,9H,3-4H2,(H,16,17);3H,1-2H2,(H,6,7)(H,8,9)/t9-;3-/m00/s1. The van der Waals surface area contributed by atoms with E-state index in [9.17, 15) is 28.0 Å². The van der Waals surface area contributed by atoms with Crippen molar-refractivity contribution in [1.82, 2.24) is 5.32 Å². The van der Waals surface area contributed by atoms with Crippen molar-refractivity contribution in [3.05, 3.63) is 29.8 Å². The SMILES string of the molecule is O=C(O)[C@@H]1CCC(=O)N1c1ccc(F)c(F)c1.O=C1CC[C@@H](C(=O)O)N1. The molecule has 3 rings (SSSR count). The molecule has 26 heavy (non-hydrogen) atoms. The Morgan fingerprint density at radius 3 is 2.19 bits per heavy atom. The Balaban J connectivity index is 0.000000228. The molecule has 10 heteroatoms. The highest BCUT2D eigenvalue weighted by molar-refractivity contribution is 6.02. The molecule has 2 fully saturated rings. The van der Waals surface area contributed by atoms with Crippen molar-refractivity contribution < 1.29 is 38.2 Å². The van der Waals surface area contributed by atoms with Crippen molar-refractivity contribution in [1.29, 1.82) is 0 Å². The smallest absolute Gasteiger partial charge is 0.326 e. The summed E-state index contributed by atoms with van der Waals surface area (Å²) in [5, 5.41) is 19.6. The van der Waals surface area contributed by atoms with Crippen molar-refractivity contribution in [2.45, 2.75) is 37.8 Å². The molecule has 2 amide bonds. The van der Waals surface area contributed by atoms with Crippen LogP contribution in [0.1, 0.15) is 25.7 Å². The van der Waals surface area contributed by atoms with Crippen LogP contribution in [0.5, 0.6) is 0 Å². The molecular weight excluding hydrogens is 354 g/mol. The minimum atomic E-state index is -1.15. The quantitative estimate of drug-likeness (QED) is 0.726. The van der Waals surface area contributed by atoms with Crippen molar-refractivity contribution in [3.8, 4) is 0 Å². The van der Waals surface area contributed by atoms with Crippen LogP contribution < -0.4 is 10.2 Å². The van der Waals surface area contributed by atoms with Gasteiger partial charge in [-0.2, -0.15) is 0 Å². The number of nitrogens with zero attached hydrogens (tertiary/aromatic N) is 1. The predicted molar refractivity (Wildman–Crippen MR) is 83.3 cm³/mol. The van der Waals surface area contributed by atoms with Crippen molar-refractivity contribution in [2.24, 2.45) is 0 Å². The highest BCUT2D eigenvalue weighted by Crippen LogP contribution is 2.27. The second-order valence-electron chi connectivity index (χ2n) is 5.75. The number of nitrogens with one attached hydrogen (secondary N) is 1. The van der Waals surface area contributed by atoms with Crippen LogP contribution in [-0.2, 0) is 19.2 Å². The van der Waals surface area contributed by atoms with E-state index in [-0.39, 0.29) is 24.4 Å². The summed E-state index contributed by atoms with van der Waals surface area (Å²) in [6.07, 6.45) is 1.04. The Bertz CT molecular complexity index is 754. The van der Waals surface area contributed by atoms with Crippen LogP contribution in [0.4, 0.5) is 14.5 Å². The summed E-state index contributed by atoms with van der Waals surface area (Å²) in [4.78, 5) is 44.0. The van der Waals surface area contributed by atoms with Gasteiger partial charge in [-0.1, -0.05) is 0 Å². The first kappa shape index (κ1) is 19.3. The largest absolute Gasteiger partial charge is 0.480 e. The van der Waals surface area contributed by atoms with Gasteiger partial charge in [0.15, 0.2) is 11.6 Å². The number of rotatable bonds is 3. The third-order valence-corrected chi connectivity index (χ3v) is 3.97. The van der Waals surface area contributed by atoms with Crippen LogP contribution in [0, 0.1) is 11.6 Å². The fourth-order valence-electron chi connectivity index (χ4n) is 2.68. The van der Waals surface area contributed by atoms with Gasteiger partial charge in [-0.05, 0) is 25.0 Å². The number of hydrogen-bond donors (Lipinski definition) is 3. The maximum Gasteiger partial charge on any atom is 0.326 e. The zero-order chi connectivity index (χ0) is 19.4. The summed E-state index contributed by atoms with van der Waals surface area (Å²) < 4.78 is 25.8. The zero-order valence-electron chi connectivity index (χ0n) is 13.4. The topological polar surface area (TPSA) is 124 Å². The third kappa shape index (κ3) is 4.32. The van der Waals surface area contributed by atoms with E-state index in [0.717, 1.165) is 17.0 Å². The number of aliphatic carboxylic acids is 2. The van der Waals surface area contributed by atoms with E-state index >= 15 is 0 Å². The highest BCUT2D eigenvalue weighted by Gasteiger charge is 2.37. The van der Waals surface area contributed by atoms with E-state index in [1.807, 2.05) is 0 Å². The number of halogens is 2. The Morgan fingerprint density at radius 1 is 1.04 bits per heavy atom. The molecule has 0 spiro atoms. The lowest BCUT2D eigenvalue weighted by molar-refractivity contribution is -0.140. The Morgan fingerprint density at radius 2 is 1.73 bits per heavy atom. The van der Waals surface area contributed by atoms with Crippen molar-refractivity contribution in [2.75, 3.05) is 4.90 Å². The molecule has 1 aromatic rings. The van der Waals surface area contributed by atoms with Crippen LogP contribution in [0.3, 0.4) is 0 Å². The molecule has 2 heterocycles. The lowest BCUT2D eigenvalue weighted by Crippen LogP contribution is -2.38. The third-order valence-electron chi connectivity index (χ3n) is 3.97. The first-order valence-electron chi connectivity index (χ1n) is 7.72. The van der Waals surface area contributed by atoms with Gasteiger partial charge in [-0.15, -0.1) is 0 Å². The molecule has 3 N–H and O–H groups in total. The predicted octanol–water partition coefficient (Wildman–Crippen LogP) is 0.894. The van der Waals surface area contributed by atoms with Gasteiger partial charge in [-0.25, -0.2) is 18.4 Å². The van der Waals surface area contributed by atoms with Crippen LogP contribution >= 0.6 is 0 Å². The van der Waals surface area contributed by atoms with Crippen molar-refractivity contribution >= 4 is 29.4 Å². The maximum atomic E-state index is 13.0. The molecule has 140 valence electrons. The van der Waals surface area contributed by atoms with E-state index in [4.69, 9.17) is 10.2 Å². The Labute approximate surface area is 146 Å². The number of carboxylic acids is 2. The number of benzene rings is 1. The van der Waals surface area contributed by atoms with E-state index in [1.54, 1.807) is 0 Å². The summed E-state index contributed by atoms with van der Waals surface area (Å²) >= 11 is 0. The maximum absolute atomic E-state index is 13.0. The molecular formula is C16H16F2N2O6. The second-order valence-corrected chi connectivity index (χ2v) is 5.75. The van der Waals surface area contributed by atoms with Crippen LogP contribution in [-0.4, -0.2) is 46.0 Å². The highest BCUT2D eigenvalue weighted by atomic mass is 19.2. The summed E-state index contributed by atoms with van der Waals surface area (Å²) in [7, 11) is 0. The average molecular weight is 370 g/mol. The molecule has 0 aliphatic carbocycles. The lowest BCUT2D eigenvalue weighted by Gasteiger charge is -2.21. The summed E-state index contributed by atoms with van der Waals surface area (Å²) in [6.45, 7) is 0. The van der Waals surface area contributed by atoms with Gasteiger partial charge in [0.1, 0.15) is 12.1 Å². The summed E-state index contributed by atoms with van der Waals surface area (Å²) in [5.41, 5.74) is 0.0683. The van der Waals surface area contributed by atoms with E-state index < -0.39 is 41.6 Å². The van der Waals surface area contributed by atoms with Gasteiger partial charge in [0.05, 0.1) is 0 Å². The van der Waals surface area contributed by atoms with Gasteiger partial charge < -0.3 is 15.5 Å². The van der Waals surface area contributed by atoms with Crippen LogP contribution in [0.2, 0.25) is 0 Å². The van der Waals surface area contributed by atoms with Gasteiger partial charge in [0, 0.05) is 24.6 Å². The zero-order valence-corrected chi connectivity index (χ0v) is 13.4. The normalized spacial score (nSPS) is 21.8. The fraction of sp³-hybridized carbons (Fsp3) is 0.375. The molecule has 0 unspecified atom stereocenters. The van der Waals surface area contributed by atoms with E-state index in [1.165, 1.54) is 6.07 Å². The number of anilines is 1. The molecule has 0 bridgehead atoms. The molecule has 2 atom stereocenters. The number of amides is 2. The van der Waals surface area contributed by atoms with Gasteiger partial charge in [0.2, 0.25) is 11.8 Å². The Hall–Kier alpha value is -3.04. The molecule has 1 aromatic carbocycles. The summed E-state index contributed by atoms with van der Waals surface area (Å²) in [6, 6.07) is 1.24. The minimum Gasteiger partial charge on any atom is -0.480 e. The number of carbonyl (C=O) groups is 4. The number of hydrogen-bond acceptors (Lipinski definition) is 4. The lowest BCUT2D eigenvalue weighted by atomic mass is 10.2. The van der Waals surface area contributed by atoms with E-state index in [0.29, 0.717) is 12.8 Å². The van der Waals surface area contributed by atoms with E-state index in [2.05, 4.69) is 5.32 Å². The number of carbonyl (C=O) groups excluding carboxylic acids is 2. The minimum absolute atomic E-state index is 0.0683. The van der Waals surface area contributed by atoms with Gasteiger partial charge in [-0.3, -0.25) is 14.5 Å². The van der Waals surface area contributed by atoms with Crippen molar-refractivity contribution in [3.63, 3.8) is 0 Å². The van der Waals surface area contributed by atoms with Gasteiger partial charge in [0.25, 0.3) is 0 Å². The molecule has 2 aliphatic rings. The van der Waals surface area contributed by atoms with Gasteiger partial charge >= 0.3 is 11.9 Å². The number of carboxylic acid groups (broad SMARTS) is 2. The van der Waals surface area contributed by atoms with Crippen LogP contribution in [0.15, 0.2) is 18.2 Å². The fourth-order valence-corrected chi connectivity index (χ4v) is 2.68. The molecule has 8 nitrogen and oxygen atoms in total. The summed E-state index contributed by atoms with van der Waals surface area (Å²) in [5.74, 6) is -4.80. The first-order valence-corrected chi connectivity index (χ1v) is 7.72. The molecule has 0 radical (unpaired) electrons. The molecule has 2 aliphatic heterocycles. The second kappa shape index (κ2) is 7.89. The monoisotopic (exact) mass is 370 g/mol. The molecule has 0 saturated carbocycles. The Kier molecular flexibility index (Phi) is 5.86. The van der Waals surface area contributed by atoms with Crippen LogP contribution in [0.25, 0.3) is 0 Å². The molecule has 0 aromatic heterocycles. The molecule has 2 saturated heterocycles.